The standard InChI is InChI=1S/C15H12BrCl2NO2/c1-9-2-5-14(11(16)6-9)21-8-15(20)19-10-3-4-12(17)13(18)7-10/h2-7H,8H2,1H3,(H,19,20). The van der Waals surface area contributed by atoms with Crippen LogP contribution >= 0.6 is 39.1 Å². The molecule has 1 amide bonds. The number of rotatable bonds is 4. The van der Waals surface area contributed by atoms with E-state index in [-0.39, 0.29) is 12.5 Å². The summed E-state index contributed by atoms with van der Waals surface area (Å²) in [7, 11) is 0. The first kappa shape index (κ1) is 16.1. The summed E-state index contributed by atoms with van der Waals surface area (Å²) < 4.78 is 6.27. The highest BCUT2D eigenvalue weighted by Crippen LogP contribution is 2.26. The molecule has 0 aliphatic rings. The van der Waals surface area contributed by atoms with Crippen LogP contribution in [0.15, 0.2) is 40.9 Å². The van der Waals surface area contributed by atoms with Crippen molar-refractivity contribution in [1.82, 2.24) is 0 Å². The van der Waals surface area contributed by atoms with Gasteiger partial charge in [-0.2, -0.15) is 0 Å². The van der Waals surface area contributed by atoms with Gasteiger partial charge in [-0.3, -0.25) is 4.79 Å². The minimum atomic E-state index is -0.277. The van der Waals surface area contributed by atoms with Crippen molar-refractivity contribution in [1.29, 1.82) is 0 Å². The molecule has 0 fully saturated rings. The van der Waals surface area contributed by atoms with Crippen LogP contribution in [-0.2, 0) is 4.79 Å². The maximum atomic E-state index is 11.8. The third kappa shape index (κ3) is 4.63. The fourth-order valence-electron chi connectivity index (χ4n) is 1.64. The zero-order chi connectivity index (χ0) is 15.4. The van der Waals surface area contributed by atoms with Gasteiger partial charge in [0.25, 0.3) is 5.91 Å². The molecule has 1 N–H and O–H groups in total. The fraction of sp³-hybridized carbons (Fsp3) is 0.133. The molecule has 0 saturated heterocycles. The number of benzene rings is 2. The van der Waals surface area contributed by atoms with E-state index in [1.54, 1.807) is 18.2 Å². The van der Waals surface area contributed by atoms with Crippen LogP contribution in [0.5, 0.6) is 5.75 Å². The lowest BCUT2D eigenvalue weighted by molar-refractivity contribution is -0.118. The second-order valence-corrected chi connectivity index (χ2v) is 6.07. The predicted octanol–water partition coefficient (Wildman–Crippen LogP) is 5.08. The molecule has 21 heavy (non-hydrogen) atoms. The van der Waals surface area contributed by atoms with Gasteiger partial charge in [-0.25, -0.2) is 0 Å². The van der Waals surface area contributed by atoms with Gasteiger partial charge in [0.2, 0.25) is 0 Å². The molecule has 0 heterocycles. The Morgan fingerprint density at radius 2 is 1.95 bits per heavy atom. The summed E-state index contributed by atoms with van der Waals surface area (Å²) in [6, 6.07) is 10.5. The highest BCUT2D eigenvalue weighted by atomic mass is 79.9. The van der Waals surface area contributed by atoms with Gasteiger partial charge in [-0.1, -0.05) is 29.3 Å². The van der Waals surface area contributed by atoms with Crippen LogP contribution in [0.3, 0.4) is 0 Å². The van der Waals surface area contributed by atoms with Crippen molar-refractivity contribution < 1.29 is 9.53 Å². The fourth-order valence-corrected chi connectivity index (χ4v) is 2.54. The van der Waals surface area contributed by atoms with Crippen molar-refractivity contribution in [2.75, 3.05) is 11.9 Å². The molecule has 2 aromatic carbocycles. The summed E-state index contributed by atoms with van der Waals surface area (Å²) in [5, 5.41) is 3.51. The molecule has 0 aliphatic carbocycles. The van der Waals surface area contributed by atoms with Crippen molar-refractivity contribution in [3.8, 4) is 5.75 Å². The second kappa shape index (κ2) is 7.16. The molecule has 0 saturated carbocycles. The molecule has 3 nitrogen and oxygen atoms in total. The Morgan fingerprint density at radius 3 is 2.62 bits per heavy atom. The summed E-state index contributed by atoms with van der Waals surface area (Å²) >= 11 is 15.1. The van der Waals surface area contributed by atoms with E-state index >= 15 is 0 Å². The predicted molar refractivity (Wildman–Crippen MR) is 89.5 cm³/mol. The molecule has 2 rings (SSSR count). The number of ether oxygens (including phenoxy) is 1. The molecule has 110 valence electrons. The number of amides is 1. The second-order valence-electron chi connectivity index (χ2n) is 4.40. The van der Waals surface area contributed by atoms with Gasteiger partial charge in [0.1, 0.15) is 5.75 Å². The van der Waals surface area contributed by atoms with Crippen LogP contribution < -0.4 is 10.1 Å². The SMILES string of the molecule is Cc1ccc(OCC(=O)Nc2ccc(Cl)c(Cl)c2)c(Br)c1. The third-order valence-electron chi connectivity index (χ3n) is 2.65. The van der Waals surface area contributed by atoms with E-state index in [0.29, 0.717) is 21.5 Å². The van der Waals surface area contributed by atoms with Crippen LogP contribution in [0.2, 0.25) is 10.0 Å². The first-order chi connectivity index (χ1) is 9.95. The number of hydrogen-bond acceptors (Lipinski definition) is 2. The van der Waals surface area contributed by atoms with E-state index in [1.165, 1.54) is 0 Å². The number of nitrogens with one attached hydrogen (secondary N) is 1. The highest BCUT2D eigenvalue weighted by molar-refractivity contribution is 9.10. The summed E-state index contributed by atoms with van der Waals surface area (Å²) in [6.45, 7) is 1.88. The van der Waals surface area contributed by atoms with Crippen LogP contribution in [-0.4, -0.2) is 12.5 Å². The number of aryl methyl sites for hydroxylation is 1. The van der Waals surface area contributed by atoms with Gasteiger partial charge < -0.3 is 10.1 Å². The lowest BCUT2D eigenvalue weighted by Gasteiger charge is -2.10. The Labute approximate surface area is 141 Å². The maximum Gasteiger partial charge on any atom is 0.262 e. The lowest BCUT2D eigenvalue weighted by Crippen LogP contribution is -2.20. The number of halogens is 3. The van der Waals surface area contributed by atoms with Gasteiger partial charge in [0.15, 0.2) is 6.61 Å². The Bertz CT molecular complexity index is 677. The smallest absolute Gasteiger partial charge is 0.262 e. The molecule has 0 aliphatic heterocycles. The topological polar surface area (TPSA) is 38.3 Å². The number of anilines is 1. The van der Waals surface area contributed by atoms with E-state index in [4.69, 9.17) is 27.9 Å². The number of hydrogen-bond donors (Lipinski definition) is 1. The van der Waals surface area contributed by atoms with E-state index in [1.807, 2.05) is 25.1 Å². The largest absolute Gasteiger partial charge is 0.483 e. The molecular weight excluding hydrogens is 377 g/mol. The summed E-state index contributed by atoms with van der Waals surface area (Å²) in [5.41, 5.74) is 1.68. The Kier molecular flexibility index (Phi) is 5.51. The number of carbonyl (C=O) groups is 1. The van der Waals surface area contributed by atoms with E-state index < -0.39 is 0 Å². The van der Waals surface area contributed by atoms with Gasteiger partial charge in [-0.15, -0.1) is 0 Å². The average molecular weight is 389 g/mol. The van der Waals surface area contributed by atoms with Crippen LogP contribution in [0, 0.1) is 6.92 Å². The Balaban J connectivity index is 1.94. The van der Waals surface area contributed by atoms with Crippen LogP contribution in [0.1, 0.15) is 5.56 Å². The molecule has 0 atom stereocenters. The van der Waals surface area contributed by atoms with Crippen molar-refractivity contribution in [2.24, 2.45) is 0 Å². The first-order valence-electron chi connectivity index (χ1n) is 6.09. The van der Waals surface area contributed by atoms with Crippen LogP contribution in [0.25, 0.3) is 0 Å². The van der Waals surface area contributed by atoms with Gasteiger partial charge in [0.05, 0.1) is 14.5 Å². The molecule has 2 aromatic rings. The molecule has 6 heteroatoms. The maximum absolute atomic E-state index is 11.8. The van der Waals surface area contributed by atoms with Gasteiger partial charge in [0, 0.05) is 5.69 Å². The van der Waals surface area contributed by atoms with Gasteiger partial charge >= 0.3 is 0 Å². The minimum Gasteiger partial charge on any atom is -0.483 e. The van der Waals surface area contributed by atoms with E-state index in [0.717, 1.165) is 10.0 Å². The minimum absolute atomic E-state index is 0.0953. The average Bonchev–Trinajstić information content (AvgIpc) is 2.42. The van der Waals surface area contributed by atoms with Gasteiger partial charge in [-0.05, 0) is 58.7 Å². The Morgan fingerprint density at radius 1 is 1.19 bits per heavy atom. The third-order valence-corrected chi connectivity index (χ3v) is 4.01. The molecule has 0 aromatic heterocycles. The van der Waals surface area contributed by atoms with Crippen molar-refractivity contribution in [3.63, 3.8) is 0 Å². The summed E-state index contributed by atoms with van der Waals surface area (Å²) in [6.07, 6.45) is 0. The zero-order valence-corrected chi connectivity index (χ0v) is 14.2. The van der Waals surface area contributed by atoms with E-state index in [2.05, 4.69) is 21.2 Å². The summed E-state index contributed by atoms with van der Waals surface area (Å²) in [5.74, 6) is 0.339. The molecule has 0 radical (unpaired) electrons. The van der Waals surface area contributed by atoms with Crippen molar-refractivity contribution >= 4 is 50.7 Å². The van der Waals surface area contributed by atoms with Crippen molar-refractivity contribution in [2.45, 2.75) is 6.92 Å². The van der Waals surface area contributed by atoms with Crippen molar-refractivity contribution in [3.05, 3.63) is 56.5 Å². The molecule has 0 spiro atoms. The Hall–Kier alpha value is -1.23. The normalized spacial score (nSPS) is 10.3. The van der Waals surface area contributed by atoms with Crippen LogP contribution in [0.4, 0.5) is 5.69 Å². The quantitative estimate of drug-likeness (QED) is 0.792. The monoisotopic (exact) mass is 387 g/mol. The molecule has 0 unspecified atom stereocenters. The molecular formula is C15H12BrCl2NO2. The van der Waals surface area contributed by atoms with E-state index in [9.17, 15) is 4.79 Å². The zero-order valence-electron chi connectivity index (χ0n) is 11.1. The lowest BCUT2D eigenvalue weighted by atomic mass is 10.2. The highest BCUT2D eigenvalue weighted by Gasteiger charge is 2.07. The first-order valence-corrected chi connectivity index (χ1v) is 7.64. The number of carbonyl (C=O) groups excluding carboxylic acids is 1. The summed E-state index contributed by atoms with van der Waals surface area (Å²) in [4.78, 5) is 11.8. The molecule has 0 bridgehead atoms.